The predicted octanol–water partition coefficient (Wildman–Crippen LogP) is 2.53. The lowest BCUT2D eigenvalue weighted by molar-refractivity contribution is -0.384. The van der Waals surface area contributed by atoms with E-state index in [4.69, 9.17) is 4.74 Å². The molecule has 0 spiro atoms. The number of hydrogen-bond acceptors (Lipinski definition) is 8. The van der Waals surface area contributed by atoms with E-state index in [0.29, 0.717) is 43.6 Å². The lowest BCUT2D eigenvalue weighted by Crippen LogP contribution is -2.40. The molecule has 1 aliphatic heterocycles. The van der Waals surface area contributed by atoms with E-state index < -0.39 is 4.92 Å². The average molecular weight is 414 g/mol. The van der Waals surface area contributed by atoms with E-state index in [1.165, 1.54) is 17.4 Å². The average Bonchev–Trinajstić information content (AvgIpc) is 3.44. The number of ether oxygens (including phenoxy) is 1. The minimum Gasteiger partial charge on any atom is -0.378 e. The fraction of sp³-hybridized carbons (Fsp3) is 0.278. The Labute approximate surface area is 169 Å². The van der Waals surface area contributed by atoms with Crippen molar-refractivity contribution in [2.24, 2.45) is 0 Å². The SMILES string of the molecule is O=C(c1ccc(NCc2nc(-c3cccs3)n[nH]2)c([N+](=O)[O-])c1)N1CCOCC1. The van der Waals surface area contributed by atoms with Crippen LogP contribution in [0.1, 0.15) is 16.2 Å². The first-order valence-electron chi connectivity index (χ1n) is 8.96. The van der Waals surface area contributed by atoms with E-state index in [0.717, 1.165) is 4.88 Å². The Morgan fingerprint density at radius 3 is 2.90 bits per heavy atom. The number of thiophene rings is 1. The van der Waals surface area contributed by atoms with Gasteiger partial charge in [0.2, 0.25) is 0 Å². The van der Waals surface area contributed by atoms with Crippen LogP contribution in [0.3, 0.4) is 0 Å². The van der Waals surface area contributed by atoms with Crippen molar-refractivity contribution in [1.29, 1.82) is 0 Å². The summed E-state index contributed by atoms with van der Waals surface area (Å²) in [7, 11) is 0. The molecule has 10 nitrogen and oxygen atoms in total. The monoisotopic (exact) mass is 414 g/mol. The molecule has 3 heterocycles. The Bertz CT molecular complexity index is 1010. The van der Waals surface area contributed by atoms with Crippen molar-refractivity contribution in [3.8, 4) is 10.7 Å². The zero-order chi connectivity index (χ0) is 20.2. The summed E-state index contributed by atoms with van der Waals surface area (Å²) >= 11 is 1.53. The summed E-state index contributed by atoms with van der Waals surface area (Å²) < 4.78 is 5.24. The lowest BCUT2D eigenvalue weighted by atomic mass is 10.1. The maximum atomic E-state index is 12.6. The van der Waals surface area contributed by atoms with Crippen LogP contribution in [0.5, 0.6) is 0 Å². The molecule has 0 aliphatic carbocycles. The summed E-state index contributed by atoms with van der Waals surface area (Å²) in [5.74, 6) is 0.896. The second-order valence-electron chi connectivity index (χ2n) is 6.33. The number of H-pyrrole nitrogens is 1. The number of nitrogens with zero attached hydrogens (tertiary/aromatic N) is 4. The molecular weight excluding hydrogens is 396 g/mol. The molecule has 0 radical (unpaired) electrons. The number of carbonyl (C=O) groups excluding carboxylic acids is 1. The van der Waals surface area contributed by atoms with E-state index in [1.807, 2.05) is 17.5 Å². The number of nitro benzene ring substituents is 1. The Morgan fingerprint density at radius 1 is 1.34 bits per heavy atom. The number of nitrogens with one attached hydrogen (secondary N) is 2. The third-order valence-corrected chi connectivity index (χ3v) is 5.33. The summed E-state index contributed by atoms with van der Waals surface area (Å²) in [5.41, 5.74) is 0.425. The van der Waals surface area contributed by atoms with Gasteiger partial charge < -0.3 is 15.0 Å². The largest absolute Gasteiger partial charge is 0.378 e. The molecule has 1 aromatic carbocycles. The summed E-state index contributed by atoms with van der Waals surface area (Å²) in [5, 5.41) is 23.4. The highest BCUT2D eigenvalue weighted by Gasteiger charge is 2.22. The molecule has 2 N–H and O–H groups in total. The molecule has 2 aromatic heterocycles. The molecule has 150 valence electrons. The molecule has 1 aliphatic rings. The number of amides is 1. The number of nitro groups is 1. The van der Waals surface area contributed by atoms with Crippen molar-refractivity contribution >= 4 is 28.6 Å². The second-order valence-corrected chi connectivity index (χ2v) is 7.28. The van der Waals surface area contributed by atoms with Crippen LogP contribution >= 0.6 is 11.3 Å². The Morgan fingerprint density at radius 2 is 2.17 bits per heavy atom. The third kappa shape index (κ3) is 4.25. The third-order valence-electron chi connectivity index (χ3n) is 4.46. The molecule has 1 saturated heterocycles. The van der Waals surface area contributed by atoms with Gasteiger partial charge >= 0.3 is 0 Å². The molecule has 29 heavy (non-hydrogen) atoms. The Hall–Kier alpha value is -3.31. The van der Waals surface area contributed by atoms with Crippen LogP contribution in [-0.2, 0) is 11.3 Å². The second kappa shape index (κ2) is 8.37. The van der Waals surface area contributed by atoms with E-state index in [1.54, 1.807) is 17.0 Å². The zero-order valence-electron chi connectivity index (χ0n) is 15.3. The van der Waals surface area contributed by atoms with Gasteiger partial charge in [-0.15, -0.1) is 11.3 Å². The van der Waals surface area contributed by atoms with Gasteiger partial charge in [0.1, 0.15) is 11.5 Å². The first kappa shape index (κ1) is 19.0. The van der Waals surface area contributed by atoms with E-state index in [2.05, 4.69) is 20.5 Å². The minimum atomic E-state index is -0.504. The number of aromatic nitrogens is 3. The van der Waals surface area contributed by atoms with Gasteiger partial charge in [-0.05, 0) is 23.6 Å². The van der Waals surface area contributed by atoms with Crippen LogP contribution in [0.2, 0.25) is 0 Å². The van der Waals surface area contributed by atoms with Gasteiger partial charge in [-0.2, -0.15) is 5.10 Å². The quantitative estimate of drug-likeness (QED) is 0.469. The number of carbonyl (C=O) groups is 1. The molecule has 0 saturated carbocycles. The van der Waals surface area contributed by atoms with Gasteiger partial charge in [-0.25, -0.2) is 4.98 Å². The number of anilines is 1. The molecule has 1 fully saturated rings. The van der Waals surface area contributed by atoms with Crippen LogP contribution in [0.15, 0.2) is 35.7 Å². The molecule has 11 heteroatoms. The van der Waals surface area contributed by atoms with Crippen LogP contribution in [-0.4, -0.2) is 57.2 Å². The lowest BCUT2D eigenvalue weighted by Gasteiger charge is -2.26. The number of benzene rings is 1. The molecule has 0 atom stereocenters. The smallest absolute Gasteiger partial charge is 0.293 e. The number of hydrogen-bond donors (Lipinski definition) is 2. The molecule has 1 amide bonds. The maximum Gasteiger partial charge on any atom is 0.293 e. The van der Waals surface area contributed by atoms with Crippen molar-refractivity contribution in [3.05, 3.63) is 57.2 Å². The van der Waals surface area contributed by atoms with Gasteiger partial charge in [-0.1, -0.05) is 6.07 Å². The van der Waals surface area contributed by atoms with Crippen LogP contribution < -0.4 is 5.32 Å². The first-order valence-corrected chi connectivity index (χ1v) is 9.84. The topological polar surface area (TPSA) is 126 Å². The number of morpholine rings is 1. The van der Waals surface area contributed by atoms with Gasteiger partial charge in [0.05, 0.1) is 29.6 Å². The van der Waals surface area contributed by atoms with E-state index in [-0.39, 0.29) is 23.7 Å². The summed E-state index contributed by atoms with van der Waals surface area (Å²) in [4.78, 5) is 30.6. The predicted molar refractivity (Wildman–Crippen MR) is 107 cm³/mol. The van der Waals surface area contributed by atoms with Crippen molar-refractivity contribution in [2.45, 2.75) is 6.54 Å². The standard InChI is InChI=1S/C18H18N6O4S/c25-18(23-5-7-28-8-6-23)12-3-4-13(14(10-12)24(26)27)19-11-16-20-17(22-21-16)15-2-1-9-29-15/h1-4,9-10,19H,5-8,11H2,(H,20,21,22). The fourth-order valence-electron chi connectivity index (χ4n) is 2.98. The van der Waals surface area contributed by atoms with E-state index in [9.17, 15) is 14.9 Å². The van der Waals surface area contributed by atoms with Crippen molar-refractivity contribution < 1.29 is 14.5 Å². The Balaban J connectivity index is 1.48. The van der Waals surface area contributed by atoms with Crippen LogP contribution in [0, 0.1) is 10.1 Å². The van der Waals surface area contributed by atoms with Gasteiger partial charge in [-0.3, -0.25) is 20.0 Å². The van der Waals surface area contributed by atoms with Crippen molar-refractivity contribution in [3.63, 3.8) is 0 Å². The van der Waals surface area contributed by atoms with Crippen molar-refractivity contribution in [1.82, 2.24) is 20.1 Å². The number of rotatable bonds is 6. The fourth-order valence-corrected chi connectivity index (χ4v) is 3.64. The summed E-state index contributed by atoms with van der Waals surface area (Å²) in [6, 6.07) is 8.27. The molecule has 3 aromatic rings. The van der Waals surface area contributed by atoms with E-state index >= 15 is 0 Å². The van der Waals surface area contributed by atoms with Gasteiger partial charge in [0.25, 0.3) is 11.6 Å². The normalized spacial score (nSPS) is 14.0. The van der Waals surface area contributed by atoms with Crippen LogP contribution in [0.25, 0.3) is 10.7 Å². The highest BCUT2D eigenvalue weighted by Crippen LogP contribution is 2.27. The highest BCUT2D eigenvalue weighted by molar-refractivity contribution is 7.13. The molecule has 0 bridgehead atoms. The highest BCUT2D eigenvalue weighted by atomic mass is 32.1. The minimum absolute atomic E-state index is 0.165. The van der Waals surface area contributed by atoms with Gasteiger partial charge in [0, 0.05) is 24.7 Å². The molecule has 0 unspecified atom stereocenters. The first-order chi connectivity index (χ1) is 14.1. The van der Waals surface area contributed by atoms with Crippen LogP contribution in [0.4, 0.5) is 11.4 Å². The molecular formula is C18H18N6O4S. The summed E-state index contributed by atoms with van der Waals surface area (Å²) in [6.45, 7) is 2.13. The summed E-state index contributed by atoms with van der Waals surface area (Å²) in [6.07, 6.45) is 0. The van der Waals surface area contributed by atoms with Crippen molar-refractivity contribution in [2.75, 3.05) is 31.6 Å². The zero-order valence-corrected chi connectivity index (χ0v) is 16.1. The van der Waals surface area contributed by atoms with Gasteiger partial charge in [0.15, 0.2) is 5.82 Å². The maximum absolute atomic E-state index is 12.6. The molecule has 4 rings (SSSR count). The Kier molecular flexibility index (Phi) is 5.49. The number of aromatic amines is 1.